The molecule has 7 heteroatoms. The molecule has 0 amide bonds. The van der Waals surface area contributed by atoms with Gasteiger partial charge in [0.1, 0.15) is 18.2 Å². The number of halogens is 2. The topological polar surface area (TPSA) is 50.9 Å². The third-order valence-electron chi connectivity index (χ3n) is 3.64. The Hall–Kier alpha value is -2.25. The summed E-state index contributed by atoms with van der Waals surface area (Å²) in [6.07, 6.45) is 0. The Bertz CT molecular complexity index is 773. The SMILES string of the molecule is Cn1c(CO)nnc1SC(c1ccc(F)cc1)c1ccc(F)cc1. The minimum Gasteiger partial charge on any atom is -0.388 e. The molecule has 0 saturated heterocycles. The summed E-state index contributed by atoms with van der Waals surface area (Å²) in [5.41, 5.74) is 1.73. The first-order valence-electron chi connectivity index (χ1n) is 7.25. The summed E-state index contributed by atoms with van der Waals surface area (Å²) < 4.78 is 28.2. The minimum atomic E-state index is -0.317. The van der Waals surface area contributed by atoms with E-state index in [1.165, 1.54) is 36.0 Å². The van der Waals surface area contributed by atoms with Crippen LogP contribution in [-0.2, 0) is 13.7 Å². The minimum absolute atomic E-state index is 0.207. The lowest BCUT2D eigenvalue weighted by Gasteiger charge is -2.17. The van der Waals surface area contributed by atoms with E-state index in [2.05, 4.69) is 10.2 Å². The van der Waals surface area contributed by atoms with Crippen molar-refractivity contribution >= 4 is 11.8 Å². The van der Waals surface area contributed by atoms with Crippen molar-refractivity contribution in [3.8, 4) is 0 Å². The fourth-order valence-electron chi connectivity index (χ4n) is 2.29. The molecule has 0 spiro atoms. The van der Waals surface area contributed by atoms with Crippen LogP contribution in [0.3, 0.4) is 0 Å². The normalized spacial score (nSPS) is 11.2. The van der Waals surface area contributed by atoms with Crippen LogP contribution in [-0.4, -0.2) is 19.9 Å². The quantitative estimate of drug-likeness (QED) is 0.718. The van der Waals surface area contributed by atoms with Gasteiger partial charge < -0.3 is 9.67 Å². The average molecular weight is 347 g/mol. The van der Waals surface area contributed by atoms with Crippen LogP contribution in [0.4, 0.5) is 8.78 Å². The van der Waals surface area contributed by atoms with E-state index < -0.39 is 0 Å². The molecule has 4 nitrogen and oxygen atoms in total. The highest BCUT2D eigenvalue weighted by atomic mass is 32.2. The average Bonchev–Trinajstić information content (AvgIpc) is 2.94. The van der Waals surface area contributed by atoms with Gasteiger partial charge in [0, 0.05) is 7.05 Å². The maximum Gasteiger partial charge on any atom is 0.191 e. The summed E-state index contributed by atoms with van der Waals surface area (Å²) in [4.78, 5) is 0. The van der Waals surface area contributed by atoms with Gasteiger partial charge in [0.2, 0.25) is 0 Å². The van der Waals surface area contributed by atoms with E-state index in [0.717, 1.165) is 11.1 Å². The summed E-state index contributed by atoms with van der Waals surface area (Å²) in [5.74, 6) is -0.180. The maximum atomic E-state index is 13.2. The predicted molar refractivity (Wildman–Crippen MR) is 87.4 cm³/mol. The van der Waals surface area contributed by atoms with E-state index >= 15 is 0 Å². The molecule has 0 unspecified atom stereocenters. The molecule has 3 aromatic rings. The van der Waals surface area contributed by atoms with E-state index in [1.807, 2.05) is 0 Å². The van der Waals surface area contributed by atoms with Crippen LogP contribution in [0.1, 0.15) is 22.2 Å². The summed E-state index contributed by atoms with van der Waals surface area (Å²) in [5, 5.41) is 17.7. The number of hydrogen-bond donors (Lipinski definition) is 1. The highest BCUT2D eigenvalue weighted by Gasteiger charge is 2.20. The molecule has 24 heavy (non-hydrogen) atoms. The third-order valence-corrected chi connectivity index (χ3v) is 4.98. The van der Waals surface area contributed by atoms with Crippen LogP contribution in [0.5, 0.6) is 0 Å². The van der Waals surface area contributed by atoms with E-state index in [-0.39, 0.29) is 23.5 Å². The van der Waals surface area contributed by atoms with Crippen molar-refractivity contribution in [3.63, 3.8) is 0 Å². The van der Waals surface area contributed by atoms with Gasteiger partial charge in [-0.2, -0.15) is 0 Å². The molecule has 0 fully saturated rings. The van der Waals surface area contributed by atoms with Gasteiger partial charge in [-0.05, 0) is 35.4 Å². The van der Waals surface area contributed by atoms with Crippen LogP contribution in [0.15, 0.2) is 53.7 Å². The Labute approximate surface area is 142 Å². The highest BCUT2D eigenvalue weighted by molar-refractivity contribution is 7.99. The van der Waals surface area contributed by atoms with Crippen molar-refractivity contribution in [2.45, 2.75) is 17.0 Å². The Balaban J connectivity index is 1.99. The van der Waals surface area contributed by atoms with Crippen molar-refractivity contribution in [3.05, 3.63) is 77.1 Å². The summed E-state index contributed by atoms with van der Waals surface area (Å²) in [6, 6.07) is 12.3. The molecule has 0 radical (unpaired) electrons. The Morgan fingerprint density at radius 1 is 0.958 bits per heavy atom. The van der Waals surface area contributed by atoms with E-state index in [0.29, 0.717) is 11.0 Å². The molecule has 1 N–H and O–H groups in total. The number of rotatable bonds is 5. The Morgan fingerprint density at radius 3 is 1.88 bits per heavy atom. The first-order chi connectivity index (χ1) is 11.6. The van der Waals surface area contributed by atoms with Gasteiger partial charge in [0.15, 0.2) is 11.0 Å². The maximum absolute atomic E-state index is 13.2. The van der Waals surface area contributed by atoms with E-state index in [4.69, 9.17) is 0 Å². The van der Waals surface area contributed by atoms with Gasteiger partial charge in [0.25, 0.3) is 0 Å². The molecule has 1 heterocycles. The molecule has 0 saturated carbocycles. The van der Waals surface area contributed by atoms with Gasteiger partial charge in [-0.15, -0.1) is 10.2 Å². The molecule has 0 aliphatic rings. The first-order valence-corrected chi connectivity index (χ1v) is 8.13. The van der Waals surface area contributed by atoms with Gasteiger partial charge in [-0.1, -0.05) is 36.0 Å². The Morgan fingerprint density at radius 2 is 1.46 bits per heavy atom. The van der Waals surface area contributed by atoms with Crippen molar-refractivity contribution in [2.24, 2.45) is 7.05 Å². The van der Waals surface area contributed by atoms with Crippen molar-refractivity contribution in [1.29, 1.82) is 0 Å². The molecule has 0 bridgehead atoms. The van der Waals surface area contributed by atoms with E-state index in [9.17, 15) is 13.9 Å². The molecular formula is C17H15F2N3OS. The standard InChI is InChI=1S/C17H15F2N3OS/c1-22-15(10-23)20-21-17(22)24-16(11-2-6-13(18)7-3-11)12-4-8-14(19)9-5-12/h2-9,16,23H,10H2,1H3. The number of hydrogen-bond acceptors (Lipinski definition) is 4. The lowest BCUT2D eigenvalue weighted by Crippen LogP contribution is -2.02. The zero-order valence-corrected chi connectivity index (χ0v) is 13.7. The third kappa shape index (κ3) is 3.47. The second-order valence-corrected chi connectivity index (χ2v) is 6.29. The molecule has 2 aromatic carbocycles. The molecule has 0 atom stereocenters. The second kappa shape index (κ2) is 7.11. The lowest BCUT2D eigenvalue weighted by atomic mass is 10.0. The number of nitrogens with zero attached hydrogens (tertiary/aromatic N) is 3. The number of aliphatic hydroxyl groups is 1. The van der Waals surface area contributed by atoms with Crippen LogP contribution < -0.4 is 0 Å². The number of thioether (sulfide) groups is 1. The molecular weight excluding hydrogens is 332 g/mol. The molecule has 124 valence electrons. The van der Waals surface area contributed by atoms with E-state index in [1.54, 1.807) is 35.9 Å². The molecule has 0 aliphatic heterocycles. The van der Waals surface area contributed by atoms with Crippen LogP contribution in [0.2, 0.25) is 0 Å². The molecule has 1 aromatic heterocycles. The summed E-state index contributed by atoms with van der Waals surface area (Å²) >= 11 is 1.40. The molecule has 0 aliphatic carbocycles. The van der Waals surface area contributed by atoms with Crippen molar-refractivity contribution in [1.82, 2.24) is 14.8 Å². The highest BCUT2D eigenvalue weighted by Crippen LogP contribution is 2.39. The van der Waals surface area contributed by atoms with Crippen LogP contribution >= 0.6 is 11.8 Å². The second-order valence-electron chi connectivity index (χ2n) is 5.22. The lowest BCUT2D eigenvalue weighted by molar-refractivity contribution is 0.266. The van der Waals surface area contributed by atoms with Crippen LogP contribution in [0, 0.1) is 11.6 Å². The zero-order valence-electron chi connectivity index (χ0n) is 12.9. The van der Waals surface area contributed by atoms with Gasteiger partial charge in [-0.25, -0.2) is 8.78 Å². The largest absolute Gasteiger partial charge is 0.388 e. The number of benzene rings is 2. The first kappa shape index (κ1) is 16.6. The molecule has 3 rings (SSSR count). The van der Waals surface area contributed by atoms with Gasteiger partial charge >= 0.3 is 0 Å². The summed E-state index contributed by atoms with van der Waals surface area (Å²) in [7, 11) is 1.76. The fraction of sp³-hybridized carbons (Fsp3) is 0.176. The zero-order chi connectivity index (χ0) is 17.1. The smallest absolute Gasteiger partial charge is 0.191 e. The monoisotopic (exact) mass is 347 g/mol. The predicted octanol–water partition coefficient (Wildman–Crippen LogP) is 3.47. The fourth-order valence-corrected chi connectivity index (χ4v) is 3.44. The van der Waals surface area contributed by atoms with Gasteiger partial charge in [-0.3, -0.25) is 0 Å². The Kier molecular flexibility index (Phi) is 4.92. The van der Waals surface area contributed by atoms with Crippen molar-refractivity contribution in [2.75, 3.05) is 0 Å². The van der Waals surface area contributed by atoms with Crippen LogP contribution in [0.25, 0.3) is 0 Å². The van der Waals surface area contributed by atoms with Gasteiger partial charge in [0.05, 0.1) is 5.25 Å². The number of aliphatic hydroxyl groups excluding tert-OH is 1. The van der Waals surface area contributed by atoms with Crippen molar-refractivity contribution < 1.29 is 13.9 Å². The number of aromatic nitrogens is 3. The summed E-state index contributed by atoms with van der Waals surface area (Å²) in [6.45, 7) is -0.207.